The molecule has 1 fully saturated rings. The zero-order chi connectivity index (χ0) is 11.7. The lowest BCUT2D eigenvalue weighted by molar-refractivity contribution is 0.487. The van der Waals surface area contributed by atoms with Gasteiger partial charge in [0, 0.05) is 11.4 Å². The molecule has 0 spiro atoms. The first-order chi connectivity index (χ1) is 8.31. The number of nitrogens with two attached hydrogens (primary N) is 1. The Hall–Kier alpha value is -1.16. The third-order valence-corrected chi connectivity index (χ3v) is 4.37. The van der Waals surface area contributed by atoms with Gasteiger partial charge in [-0.25, -0.2) is 4.98 Å². The lowest BCUT2D eigenvalue weighted by Gasteiger charge is -2.04. The van der Waals surface area contributed by atoms with Gasteiger partial charge >= 0.3 is 0 Å². The van der Waals surface area contributed by atoms with Crippen molar-refractivity contribution in [1.82, 2.24) is 4.98 Å². The summed E-state index contributed by atoms with van der Waals surface area (Å²) in [5, 5.41) is 0.775. The van der Waals surface area contributed by atoms with Crippen LogP contribution in [-0.4, -0.2) is 10.7 Å². The molecule has 2 N–H and O–H groups in total. The Balaban J connectivity index is 1.72. The lowest BCUT2D eigenvalue weighted by atomic mass is 10.1. The zero-order valence-electron chi connectivity index (χ0n) is 9.69. The lowest BCUT2D eigenvalue weighted by Crippen LogP contribution is -1.95. The van der Waals surface area contributed by atoms with E-state index in [1.54, 1.807) is 11.8 Å². The first-order valence-corrected chi connectivity index (χ1v) is 7.09. The molecule has 0 amide bonds. The summed E-state index contributed by atoms with van der Waals surface area (Å²) in [6, 6.07) is 5.59. The predicted octanol–water partition coefficient (Wildman–Crippen LogP) is 3.69. The average Bonchev–Trinajstić information content (AvgIpc) is 2.94. The summed E-state index contributed by atoms with van der Waals surface area (Å²) in [6.07, 6.45) is 5.49. The molecule has 1 heterocycles. The molecular weight excluding hydrogens is 232 g/mol. The zero-order valence-corrected chi connectivity index (χ0v) is 10.5. The van der Waals surface area contributed by atoms with Crippen LogP contribution in [0.5, 0.6) is 0 Å². The van der Waals surface area contributed by atoms with E-state index in [1.165, 1.54) is 25.7 Å². The van der Waals surface area contributed by atoms with Gasteiger partial charge in [-0.05, 0) is 37.0 Å². The van der Waals surface area contributed by atoms with Crippen LogP contribution in [-0.2, 0) is 0 Å². The molecular formula is C13H16N2OS. The van der Waals surface area contributed by atoms with E-state index in [1.807, 2.05) is 18.2 Å². The highest BCUT2D eigenvalue weighted by molar-refractivity contribution is 7.99. The van der Waals surface area contributed by atoms with Crippen LogP contribution < -0.4 is 5.73 Å². The smallest absolute Gasteiger partial charge is 0.256 e. The molecule has 0 aliphatic heterocycles. The van der Waals surface area contributed by atoms with Gasteiger partial charge in [-0.1, -0.05) is 24.6 Å². The molecule has 3 rings (SSSR count). The summed E-state index contributed by atoms with van der Waals surface area (Å²) < 4.78 is 5.68. The normalized spacial score (nSPS) is 16.9. The van der Waals surface area contributed by atoms with Crippen molar-refractivity contribution in [2.24, 2.45) is 5.92 Å². The molecule has 3 nitrogen and oxygen atoms in total. The van der Waals surface area contributed by atoms with Gasteiger partial charge in [-0.2, -0.15) is 0 Å². The summed E-state index contributed by atoms with van der Waals surface area (Å²) in [6.45, 7) is 0. The summed E-state index contributed by atoms with van der Waals surface area (Å²) in [5.74, 6) is 1.97. The van der Waals surface area contributed by atoms with E-state index in [2.05, 4.69) is 4.98 Å². The molecule has 0 atom stereocenters. The number of oxazole rings is 1. The number of thioether (sulfide) groups is 1. The number of nitrogens with zero attached hydrogens (tertiary/aromatic N) is 1. The highest BCUT2D eigenvalue weighted by Crippen LogP contribution is 2.32. The van der Waals surface area contributed by atoms with Crippen LogP contribution in [0.25, 0.3) is 11.1 Å². The molecule has 2 aromatic rings. The second kappa shape index (κ2) is 4.61. The Morgan fingerprint density at radius 1 is 1.35 bits per heavy atom. The van der Waals surface area contributed by atoms with Gasteiger partial charge < -0.3 is 10.2 Å². The monoisotopic (exact) mass is 248 g/mol. The van der Waals surface area contributed by atoms with Crippen molar-refractivity contribution >= 4 is 28.5 Å². The summed E-state index contributed by atoms with van der Waals surface area (Å²) in [4.78, 5) is 4.45. The Morgan fingerprint density at radius 3 is 3.00 bits per heavy atom. The van der Waals surface area contributed by atoms with Crippen LogP contribution in [0.2, 0.25) is 0 Å². The van der Waals surface area contributed by atoms with Gasteiger partial charge in [0.25, 0.3) is 5.22 Å². The Labute approximate surface area is 105 Å². The maximum atomic E-state index is 5.72. The second-order valence-electron chi connectivity index (χ2n) is 4.67. The van der Waals surface area contributed by atoms with Crippen molar-refractivity contribution in [3.8, 4) is 0 Å². The number of anilines is 1. The maximum Gasteiger partial charge on any atom is 0.256 e. The van der Waals surface area contributed by atoms with Crippen molar-refractivity contribution < 1.29 is 4.42 Å². The third-order valence-electron chi connectivity index (χ3n) is 3.31. The number of hydrogen-bond donors (Lipinski definition) is 1. The molecule has 1 aromatic carbocycles. The van der Waals surface area contributed by atoms with Crippen LogP contribution in [0.3, 0.4) is 0 Å². The first-order valence-electron chi connectivity index (χ1n) is 6.10. The fourth-order valence-corrected chi connectivity index (χ4v) is 3.37. The summed E-state index contributed by atoms with van der Waals surface area (Å²) >= 11 is 1.73. The average molecular weight is 248 g/mol. The van der Waals surface area contributed by atoms with E-state index >= 15 is 0 Å². The maximum absolute atomic E-state index is 5.72. The minimum atomic E-state index is 0.734. The van der Waals surface area contributed by atoms with Crippen molar-refractivity contribution in [3.05, 3.63) is 18.2 Å². The Morgan fingerprint density at radius 2 is 2.18 bits per heavy atom. The predicted molar refractivity (Wildman–Crippen MR) is 71.1 cm³/mol. The number of aromatic nitrogens is 1. The van der Waals surface area contributed by atoms with Crippen molar-refractivity contribution in [2.45, 2.75) is 30.9 Å². The van der Waals surface area contributed by atoms with E-state index in [4.69, 9.17) is 10.2 Å². The van der Waals surface area contributed by atoms with E-state index in [0.717, 1.165) is 33.7 Å². The van der Waals surface area contributed by atoms with Crippen molar-refractivity contribution in [3.63, 3.8) is 0 Å². The Kier molecular flexibility index (Phi) is 2.97. The van der Waals surface area contributed by atoms with Gasteiger partial charge in [-0.3, -0.25) is 0 Å². The van der Waals surface area contributed by atoms with Crippen LogP contribution in [0.1, 0.15) is 25.7 Å². The molecule has 1 aromatic heterocycles. The first kappa shape index (κ1) is 11.0. The van der Waals surface area contributed by atoms with Gasteiger partial charge in [0.05, 0.1) is 0 Å². The molecule has 90 valence electrons. The van der Waals surface area contributed by atoms with E-state index in [-0.39, 0.29) is 0 Å². The second-order valence-corrected chi connectivity index (χ2v) is 5.64. The summed E-state index contributed by atoms with van der Waals surface area (Å²) in [7, 11) is 0. The minimum absolute atomic E-state index is 0.734. The van der Waals surface area contributed by atoms with Crippen LogP contribution >= 0.6 is 11.8 Å². The highest BCUT2D eigenvalue weighted by atomic mass is 32.2. The molecule has 4 heteroatoms. The highest BCUT2D eigenvalue weighted by Gasteiger charge is 2.16. The number of rotatable bonds is 3. The largest absolute Gasteiger partial charge is 0.431 e. The SMILES string of the molecule is Nc1ccc2oc(SCC3CCCC3)nc2c1. The molecule has 0 bridgehead atoms. The molecule has 0 saturated heterocycles. The van der Waals surface area contributed by atoms with Crippen molar-refractivity contribution in [2.75, 3.05) is 11.5 Å². The van der Waals surface area contributed by atoms with Gasteiger partial charge in [0.1, 0.15) is 5.52 Å². The minimum Gasteiger partial charge on any atom is -0.431 e. The fourth-order valence-electron chi connectivity index (χ4n) is 2.35. The third kappa shape index (κ3) is 2.41. The standard InChI is InChI=1S/C13H16N2OS/c14-10-5-6-12-11(7-10)15-13(16-12)17-8-9-3-1-2-4-9/h5-7,9H,1-4,8,14H2. The molecule has 1 aliphatic rings. The van der Waals surface area contributed by atoms with Crippen molar-refractivity contribution in [1.29, 1.82) is 0 Å². The van der Waals surface area contributed by atoms with Gasteiger partial charge in [0.15, 0.2) is 5.58 Å². The van der Waals surface area contributed by atoms with Crippen LogP contribution in [0.15, 0.2) is 27.8 Å². The molecule has 0 unspecified atom stereocenters. The van der Waals surface area contributed by atoms with E-state index in [9.17, 15) is 0 Å². The number of benzene rings is 1. The summed E-state index contributed by atoms with van der Waals surface area (Å²) in [5.41, 5.74) is 8.14. The quantitative estimate of drug-likeness (QED) is 0.664. The number of hydrogen-bond acceptors (Lipinski definition) is 4. The molecule has 0 radical (unpaired) electrons. The Bertz CT molecular complexity index is 517. The topological polar surface area (TPSA) is 52.0 Å². The van der Waals surface area contributed by atoms with E-state index in [0.29, 0.717) is 0 Å². The van der Waals surface area contributed by atoms with Gasteiger partial charge in [-0.15, -0.1) is 0 Å². The van der Waals surface area contributed by atoms with Crippen LogP contribution in [0, 0.1) is 5.92 Å². The fraction of sp³-hybridized carbons (Fsp3) is 0.462. The molecule has 17 heavy (non-hydrogen) atoms. The van der Waals surface area contributed by atoms with Gasteiger partial charge in [0.2, 0.25) is 0 Å². The van der Waals surface area contributed by atoms with E-state index < -0.39 is 0 Å². The molecule has 1 aliphatic carbocycles. The van der Waals surface area contributed by atoms with Crippen LogP contribution in [0.4, 0.5) is 5.69 Å². The molecule has 1 saturated carbocycles. The number of nitrogen functional groups attached to an aromatic ring is 1. The number of fused-ring (bicyclic) bond motifs is 1.